The van der Waals surface area contributed by atoms with Crippen LogP contribution >= 0.6 is 0 Å². The highest BCUT2D eigenvalue weighted by Crippen LogP contribution is 2.56. The number of rotatable bonds is 5. The van der Waals surface area contributed by atoms with Crippen molar-refractivity contribution in [2.75, 3.05) is 0 Å². The predicted molar refractivity (Wildman–Crippen MR) is 123 cm³/mol. The number of hydrogen-bond donors (Lipinski definition) is 2. The first-order valence-electron chi connectivity index (χ1n) is 11.5. The van der Waals surface area contributed by atoms with Crippen LogP contribution in [0.5, 0.6) is 0 Å². The van der Waals surface area contributed by atoms with Gasteiger partial charge < -0.3 is 10.2 Å². The Bertz CT molecular complexity index is 779. The average Bonchev–Trinajstić information content (AvgIpc) is 3.00. The fraction of sp³-hybridized carbons (Fsp3) is 0.630. The number of allylic oxidation sites excluding steroid dienone is 7. The molecular weight excluding hydrogens is 375 g/mol. The van der Waals surface area contributed by atoms with Crippen LogP contribution in [0.25, 0.3) is 0 Å². The van der Waals surface area contributed by atoms with Gasteiger partial charge in [-0.15, -0.1) is 0 Å². The van der Waals surface area contributed by atoms with Crippen molar-refractivity contribution in [3.05, 3.63) is 59.3 Å². The number of alkyl halides is 1. The van der Waals surface area contributed by atoms with Crippen molar-refractivity contribution >= 4 is 0 Å². The monoisotopic (exact) mass is 414 g/mol. The molecule has 0 saturated heterocycles. The van der Waals surface area contributed by atoms with Crippen LogP contribution in [-0.4, -0.2) is 28.1 Å². The van der Waals surface area contributed by atoms with Gasteiger partial charge in [0.2, 0.25) is 0 Å². The fourth-order valence-electron chi connectivity index (χ4n) is 5.66. The Kier molecular flexibility index (Phi) is 6.94. The molecule has 2 fully saturated rings. The lowest BCUT2D eigenvalue weighted by atomic mass is 9.62. The Labute approximate surface area is 182 Å². The molecule has 0 bridgehead atoms. The van der Waals surface area contributed by atoms with E-state index >= 15 is 0 Å². The molecule has 0 aromatic heterocycles. The summed E-state index contributed by atoms with van der Waals surface area (Å²) in [5.41, 5.74) is 3.84. The lowest BCUT2D eigenvalue weighted by Gasteiger charge is -2.42. The van der Waals surface area contributed by atoms with E-state index in [-0.39, 0.29) is 11.8 Å². The highest BCUT2D eigenvalue weighted by Gasteiger charge is 2.45. The maximum atomic E-state index is 14.1. The fourth-order valence-corrected chi connectivity index (χ4v) is 5.66. The van der Waals surface area contributed by atoms with Gasteiger partial charge >= 0.3 is 0 Å². The first-order valence-corrected chi connectivity index (χ1v) is 11.5. The van der Waals surface area contributed by atoms with Crippen LogP contribution in [0.15, 0.2) is 59.3 Å². The van der Waals surface area contributed by atoms with E-state index in [1.807, 2.05) is 19.9 Å². The van der Waals surface area contributed by atoms with Crippen molar-refractivity contribution in [2.24, 2.45) is 17.3 Å². The Hall–Kier alpha value is -1.45. The smallest absolute Gasteiger partial charge is 0.127 e. The third-order valence-corrected chi connectivity index (χ3v) is 7.37. The minimum absolute atomic E-state index is 0.160. The highest BCUT2D eigenvalue weighted by molar-refractivity contribution is 5.40. The summed E-state index contributed by atoms with van der Waals surface area (Å²) in [6.45, 7) is 12.3. The van der Waals surface area contributed by atoms with Gasteiger partial charge in [-0.2, -0.15) is 0 Å². The maximum absolute atomic E-state index is 14.1. The molecule has 2 nitrogen and oxygen atoms in total. The SMILES string of the molecule is C=C1/C(=C/C=C2/CCCC3(C)C(C(C)/C=C/CC(C)(C)O)=CCC23)CC(O)CC1F. The minimum atomic E-state index is -1.13. The summed E-state index contributed by atoms with van der Waals surface area (Å²) in [6, 6.07) is 0. The van der Waals surface area contributed by atoms with Crippen molar-refractivity contribution in [1.29, 1.82) is 0 Å². The largest absolute Gasteiger partial charge is 0.393 e. The van der Waals surface area contributed by atoms with E-state index < -0.39 is 17.9 Å². The highest BCUT2D eigenvalue weighted by atomic mass is 19.1. The summed E-state index contributed by atoms with van der Waals surface area (Å²) in [5, 5.41) is 19.9. The van der Waals surface area contributed by atoms with Crippen LogP contribution in [0.4, 0.5) is 4.39 Å². The van der Waals surface area contributed by atoms with E-state index in [4.69, 9.17) is 0 Å². The standard InChI is InChI=1S/C27H39FO2/c1-18(8-6-14-26(3,4)30)23-12-13-24-20(9-7-15-27(23,24)5)10-11-21-16-22(29)17-25(28)19(21)2/h6,8,10-12,18,22,24-25,29-30H,2,7,9,13-17H2,1,3-5H3/b8-6+,20-10-,21-11+. The summed E-state index contributed by atoms with van der Waals surface area (Å²) in [7, 11) is 0. The van der Waals surface area contributed by atoms with Crippen molar-refractivity contribution in [3.8, 4) is 0 Å². The van der Waals surface area contributed by atoms with Gasteiger partial charge in [-0.05, 0) is 80.8 Å². The number of hydrogen-bond acceptors (Lipinski definition) is 2. The number of fused-ring (bicyclic) bond motifs is 1. The molecule has 3 aliphatic carbocycles. The van der Waals surface area contributed by atoms with Crippen LogP contribution in [0, 0.1) is 17.3 Å². The van der Waals surface area contributed by atoms with Crippen LogP contribution < -0.4 is 0 Å². The van der Waals surface area contributed by atoms with Gasteiger partial charge in [-0.3, -0.25) is 0 Å². The number of halogens is 1. The quantitative estimate of drug-likeness (QED) is 0.513. The van der Waals surface area contributed by atoms with E-state index in [1.54, 1.807) is 0 Å². The van der Waals surface area contributed by atoms with Gasteiger partial charge in [-0.25, -0.2) is 4.39 Å². The Morgan fingerprint density at radius 3 is 2.80 bits per heavy atom. The molecule has 3 rings (SSSR count). The molecule has 0 aromatic rings. The van der Waals surface area contributed by atoms with Crippen LogP contribution in [-0.2, 0) is 0 Å². The van der Waals surface area contributed by atoms with E-state index in [0.29, 0.717) is 30.3 Å². The maximum Gasteiger partial charge on any atom is 0.127 e. The molecule has 0 aromatic carbocycles. The van der Waals surface area contributed by atoms with Crippen molar-refractivity contribution < 1.29 is 14.6 Å². The van der Waals surface area contributed by atoms with Gasteiger partial charge in [0.25, 0.3) is 0 Å². The summed E-state index contributed by atoms with van der Waals surface area (Å²) in [5.74, 6) is 0.854. The third-order valence-electron chi connectivity index (χ3n) is 7.37. The minimum Gasteiger partial charge on any atom is -0.393 e. The first-order chi connectivity index (χ1) is 14.0. The zero-order chi connectivity index (χ0) is 22.1. The molecule has 0 spiro atoms. The molecular formula is C27H39FO2. The van der Waals surface area contributed by atoms with E-state index in [0.717, 1.165) is 24.8 Å². The number of aliphatic hydroxyl groups excluding tert-OH is 1. The Morgan fingerprint density at radius 1 is 1.37 bits per heavy atom. The molecule has 3 aliphatic rings. The molecule has 3 heteroatoms. The van der Waals surface area contributed by atoms with E-state index in [9.17, 15) is 14.6 Å². The molecule has 5 atom stereocenters. The molecule has 0 amide bonds. The molecule has 166 valence electrons. The lowest BCUT2D eigenvalue weighted by Crippen LogP contribution is -2.32. The summed E-state index contributed by atoms with van der Waals surface area (Å²) >= 11 is 0. The van der Waals surface area contributed by atoms with Crippen molar-refractivity contribution in [1.82, 2.24) is 0 Å². The zero-order valence-corrected chi connectivity index (χ0v) is 19.1. The molecule has 30 heavy (non-hydrogen) atoms. The van der Waals surface area contributed by atoms with Crippen LogP contribution in [0.2, 0.25) is 0 Å². The Morgan fingerprint density at radius 2 is 2.10 bits per heavy atom. The first kappa shape index (κ1) is 23.2. The van der Waals surface area contributed by atoms with Crippen molar-refractivity contribution in [3.63, 3.8) is 0 Å². The molecule has 2 N–H and O–H groups in total. The van der Waals surface area contributed by atoms with Gasteiger partial charge in [0.15, 0.2) is 0 Å². The summed E-state index contributed by atoms with van der Waals surface area (Å²) in [4.78, 5) is 0. The van der Waals surface area contributed by atoms with Crippen LogP contribution in [0.3, 0.4) is 0 Å². The van der Waals surface area contributed by atoms with E-state index in [2.05, 4.69) is 44.7 Å². The summed E-state index contributed by atoms with van der Waals surface area (Å²) < 4.78 is 14.1. The average molecular weight is 415 g/mol. The van der Waals surface area contributed by atoms with Gasteiger partial charge in [0.05, 0.1) is 11.7 Å². The topological polar surface area (TPSA) is 40.5 Å². The molecule has 0 aliphatic heterocycles. The third kappa shape index (κ3) is 5.06. The van der Waals surface area contributed by atoms with E-state index in [1.165, 1.54) is 17.6 Å². The Balaban J connectivity index is 1.76. The summed E-state index contributed by atoms with van der Waals surface area (Å²) in [6.07, 6.45) is 15.1. The zero-order valence-electron chi connectivity index (χ0n) is 19.1. The predicted octanol–water partition coefficient (Wildman–Crippen LogP) is 6.38. The second-order valence-electron chi connectivity index (χ2n) is 10.5. The number of aliphatic hydroxyl groups is 2. The normalized spacial score (nSPS) is 36.4. The molecule has 2 saturated carbocycles. The van der Waals surface area contributed by atoms with Crippen LogP contribution in [0.1, 0.15) is 72.6 Å². The molecule has 0 heterocycles. The second kappa shape index (κ2) is 8.96. The molecule has 0 radical (unpaired) electrons. The van der Waals surface area contributed by atoms with Gasteiger partial charge in [0, 0.05) is 6.42 Å². The second-order valence-corrected chi connectivity index (χ2v) is 10.5. The molecule has 5 unspecified atom stereocenters. The van der Waals surface area contributed by atoms with Gasteiger partial charge in [-0.1, -0.05) is 62.0 Å². The van der Waals surface area contributed by atoms with Crippen molar-refractivity contribution in [2.45, 2.75) is 90.5 Å². The lowest BCUT2D eigenvalue weighted by molar-refractivity contribution is 0.0837. The van der Waals surface area contributed by atoms with Gasteiger partial charge in [0.1, 0.15) is 6.17 Å².